The minimum Gasteiger partial charge on any atom is -0.464 e. The van der Waals surface area contributed by atoms with Crippen LogP contribution in [0.1, 0.15) is 47.0 Å². The van der Waals surface area contributed by atoms with Gasteiger partial charge >= 0.3 is 5.97 Å². The predicted octanol–water partition coefficient (Wildman–Crippen LogP) is 2.68. The molecule has 2 atom stereocenters. The number of aliphatic hydroxyl groups is 1. The lowest BCUT2D eigenvalue weighted by molar-refractivity contribution is -0.151. The quantitative estimate of drug-likeness (QED) is 0.609. The fourth-order valence-corrected chi connectivity index (χ4v) is 2.26. The van der Waals surface area contributed by atoms with E-state index in [9.17, 15) is 9.90 Å². The second-order valence-corrected chi connectivity index (χ2v) is 5.77. The molecule has 0 radical (unpaired) electrons. The SMILES string of the molecule is CCOC(=O)C(O)C1=CCC(C(C)(C)C)CC1. The molecular formula is C14H24O3. The molecule has 0 bridgehead atoms. The minimum atomic E-state index is -1.06. The summed E-state index contributed by atoms with van der Waals surface area (Å²) in [6, 6.07) is 0. The van der Waals surface area contributed by atoms with Gasteiger partial charge in [-0.1, -0.05) is 26.8 Å². The number of carbonyl (C=O) groups is 1. The first-order valence-electron chi connectivity index (χ1n) is 6.40. The van der Waals surface area contributed by atoms with E-state index in [0.29, 0.717) is 12.5 Å². The zero-order valence-corrected chi connectivity index (χ0v) is 11.3. The lowest BCUT2D eigenvalue weighted by Gasteiger charge is -2.33. The number of allylic oxidation sites excluding steroid dienone is 1. The maximum absolute atomic E-state index is 11.4. The highest BCUT2D eigenvalue weighted by atomic mass is 16.5. The van der Waals surface area contributed by atoms with E-state index in [1.54, 1.807) is 6.92 Å². The average molecular weight is 240 g/mol. The van der Waals surface area contributed by atoms with Crippen molar-refractivity contribution in [1.82, 2.24) is 0 Å². The van der Waals surface area contributed by atoms with Crippen molar-refractivity contribution in [2.45, 2.75) is 53.1 Å². The molecule has 1 rings (SSSR count). The molecule has 2 unspecified atom stereocenters. The summed E-state index contributed by atoms with van der Waals surface area (Å²) in [5, 5.41) is 9.82. The summed E-state index contributed by atoms with van der Waals surface area (Å²) in [5.41, 5.74) is 1.11. The Kier molecular flexibility index (Phi) is 4.75. The topological polar surface area (TPSA) is 46.5 Å². The molecule has 0 aromatic rings. The van der Waals surface area contributed by atoms with Crippen molar-refractivity contribution in [3.63, 3.8) is 0 Å². The summed E-state index contributed by atoms with van der Waals surface area (Å²) in [4.78, 5) is 11.4. The first-order chi connectivity index (χ1) is 7.86. The second-order valence-electron chi connectivity index (χ2n) is 5.77. The third-order valence-electron chi connectivity index (χ3n) is 3.53. The van der Waals surface area contributed by atoms with Gasteiger partial charge in [-0.3, -0.25) is 0 Å². The van der Waals surface area contributed by atoms with Crippen LogP contribution in [-0.4, -0.2) is 23.8 Å². The van der Waals surface area contributed by atoms with Gasteiger partial charge in [0.15, 0.2) is 6.10 Å². The fourth-order valence-electron chi connectivity index (χ4n) is 2.26. The molecular weight excluding hydrogens is 216 g/mol. The van der Waals surface area contributed by atoms with Crippen LogP contribution in [0.5, 0.6) is 0 Å². The summed E-state index contributed by atoms with van der Waals surface area (Å²) >= 11 is 0. The van der Waals surface area contributed by atoms with Crippen LogP contribution in [0.15, 0.2) is 11.6 Å². The Hall–Kier alpha value is -0.830. The van der Waals surface area contributed by atoms with Gasteiger partial charge in [0.25, 0.3) is 0 Å². The number of aliphatic hydroxyl groups excluding tert-OH is 1. The van der Waals surface area contributed by atoms with Crippen molar-refractivity contribution in [1.29, 1.82) is 0 Å². The van der Waals surface area contributed by atoms with Gasteiger partial charge in [-0.25, -0.2) is 4.79 Å². The van der Waals surface area contributed by atoms with Gasteiger partial charge in [0, 0.05) is 0 Å². The normalized spacial score (nSPS) is 22.9. The predicted molar refractivity (Wildman–Crippen MR) is 67.5 cm³/mol. The number of carbonyl (C=O) groups excluding carboxylic acids is 1. The molecule has 0 heterocycles. The van der Waals surface area contributed by atoms with E-state index < -0.39 is 12.1 Å². The van der Waals surface area contributed by atoms with Gasteiger partial charge in [0.2, 0.25) is 0 Å². The van der Waals surface area contributed by atoms with Crippen LogP contribution >= 0.6 is 0 Å². The zero-order valence-electron chi connectivity index (χ0n) is 11.3. The smallest absolute Gasteiger partial charge is 0.339 e. The van der Waals surface area contributed by atoms with E-state index in [4.69, 9.17) is 4.74 Å². The molecule has 0 fully saturated rings. The van der Waals surface area contributed by atoms with E-state index in [0.717, 1.165) is 24.8 Å². The second kappa shape index (κ2) is 5.67. The number of hydrogen-bond acceptors (Lipinski definition) is 3. The fraction of sp³-hybridized carbons (Fsp3) is 0.786. The zero-order chi connectivity index (χ0) is 13.1. The Morgan fingerprint density at radius 2 is 2.24 bits per heavy atom. The highest BCUT2D eigenvalue weighted by molar-refractivity contribution is 5.78. The molecule has 3 heteroatoms. The van der Waals surface area contributed by atoms with E-state index >= 15 is 0 Å². The molecule has 1 aliphatic rings. The summed E-state index contributed by atoms with van der Waals surface area (Å²) in [7, 11) is 0. The Morgan fingerprint density at radius 1 is 1.59 bits per heavy atom. The maximum atomic E-state index is 11.4. The Labute approximate surface area is 104 Å². The number of hydrogen-bond donors (Lipinski definition) is 1. The molecule has 98 valence electrons. The Balaban J connectivity index is 2.59. The molecule has 3 nitrogen and oxygen atoms in total. The Morgan fingerprint density at radius 3 is 2.65 bits per heavy atom. The van der Waals surface area contributed by atoms with Crippen LogP contribution in [0.25, 0.3) is 0 Å². The van der Waals surface area contributed by atoms with E-state index in [1.807, 2.05) is 6.08 Å². The van der Waals surface area contributed by atoms with Gasteiger partial charge in [0.1, 0.15) is 0 Å². The van der Waals surface area contributed by atoms with Crippen LogP contribution < -0.4 is 0 Å². The van der Waals surface area contributed by atoms with Crippen LogP contribution in [0.3, 0.4) is 0 Å². The third-order valence-corrected chi connectivity index (χ3v) is 3.53. The largest absolute Gasteiger partial charge is 0.464 e. The van der Waals surface area contributed by atoms with Gasteiger partial charge in [-0.2, -0.15) is 0 Å². The number of rotatable bonds is 3. The van der Waals surface area contributed by atoms with Gasteiger partial charge < -0.3 is 9.84 Å². The standard InChI is InChI=1S/C14H24O3/c1-5-17-13(16)12(15)10-6-8-11(9-7-10)14(2,3)4/h6,11-12,15H,5,7-9H2,1-4H3. The van der Waals surface area contributed by atoms with Gasteiger partial charge in [-0.05, 0) is 43.1 Å². The maximum Gasteiger partial charge on any atom is 0.339 e. The average Bonchev–Trinajstić information content (AvgIpc) is 2.27. The molecule has 0 amide bonds. The van der Waals surface area contributed by atoms with Crippen molar-refractivity contribution in [2.24, 2.45) is 11.3 Å². The summed E-state index contributed by atoms with van der Waals surface area (Å²) < 4.78 is 4.82. The third kappa shape index (κ3) is 3.84. The Bertz CT molecular complexity index is 299. The molecule has 17 heavy (non-hydrogen) atoms. The van der Waals surface area contributed by atoms with Crippen molar-refractivity contribution in [3.8, 4) is 0 Å². The highest BCUT2D eigenvalue weighted by Crippen LogP contribution is 2.37. The van der Waals surface area contributed by atoms with Crippen LogP contribution in [-0.2, 0) is 9.53 Å². The summed E-state index contributed by atoms with van der Waals surface area (Å²) in [5.74, 6) is 0.105. The molecule has 0 aromatic carbocycles. The van der Waals surface area contributed by atoms with Crippen LogP contribution in [0.2, 0.25) is 0 Å². The van der Waals surface area contributed by atoms with Crippen molar-refractivity contribution >= 4 is 5.97 Å². The molecule has 0 aliphatic heterocycles. The van der Waals surface area contributed by atoms with Crippen molar-refractivity contribution < 1.29 is 14.6 Å². The molecule has 1 N–H and O–H groups in total. The summed E-state index contributed by atoms with van der Waals surface area (Å²) in [6.07, 6.45) is 3.72. The number of ether oxygens (including phenoxy) is 1. The van der Waals surface area contributed by atoms with Gasteiger partial charge in [-0.15, -0.1) is 0 Å². The highest BCUT2D eigenvalue weighted by Gasteiger charge is 2.30. The minimum absolute atomic E-state index is 0.289. The molecule has 0 saturated carbocycles. The molecule has 1 aliphatic carbocycles. The summed E-state index contributed by atoms with van der Waals surface area (Å²) in [6.45, 7) is 8.76. The van der Waals surface area contributed by atoms with Crippen LogP contribution in [0, 0.1) is 11.3 Å². The van der Waals surface area contributed by atoms with Gasteiger partial charge in [0.05, 0.1) is 6.61 Å². The number of esters is 1. The van der Waals surface area contributed by atoms with Crippen molar-refractivity contribution in [2.75, 3.05) is 6.61 Å². The molecule has 0 saturated heterocycles. The molecule has 0 spiro atoms. The first-order valence-corrected chi connectivity index (χ1v) is 6.40. The van der Waals surface area contributed by atoms with E-state index in [1.165, 1.54) is 0 Å². The van der Waals surface area contributed by atoms with E-state index in [-0.39, 0.29) is 5.41 Å². The van der Waals surface area contributed by atoms with E-state index in [2.05, 4.69) is 20.8 Å². The van der Waals surface area contributed by atoms with Crippen molar-refractivity contribution in [3.05, 3.63) is 11.6 Å². The lowest BCUT2D eigenvalue weighted by Crippen LogP contribution is -2.29. The van der Waals surface area contributed by atoms with Crippen LogP contribution in [0.4, 0.5) is 0 Å². The molecule has 0 aromatic heterocycles. The lowest BCUT2D eigenvalue weighted by atomic mass is 9.72. The monoisotopic (exact) mass is 240 g/mol. The first kappa shape index (κ1) is 14.2.